The van der Waals surface area contributed by atoms with Crippen LogP contribution >= 0.6 is 0 Å². The van der Waals surface area contributed by atoms with E-state index < -0.39 is 17.6 Å². The number of rotatable bonds is 3. The lowest BCUT2D eigenvalue weighted by molar-refractivity contribution is -0.137. The van der Waals surface area contributed by atoms with Crippen LogP contribution in [0.3, 0.4) is 0 Å². The van der Waals surface area contributed by atoms with E-state index in [0.29, 0.717) is 5.56 Å². The first-order valence-corrected chi connectivity index (χ1v) is 7.08. The van der Waals surface area contributed by atoms with E-state index in [2.05, 4.69) is 10.5 Å². The van der Waals surface area contributed by atoms with Crippen molar-refractivity contribution in [3.63, 3.8) is 0 Å². The Bertz CT molecular complexity index is 919. The van der Waals surface area contributed by atoms with Crippen molar-refractivity contribution in [1.29, 1.82) is 0 Å². The van der Waals surface area contributed by atoms with E-state index in [-0.39, 0.29) is 22.9 Å². The molecule has 2 N–H and O–H groups in total. The molecule has 0 aliphatic heterocycles. The number of carbonyl (C=O) groups excluding carboxylic acids is 1. The minimum absolute atomic E-state index is 0.0214. The number of aromatic nitrogens is 1. The number of nitrogens with one attached hydrogen (secondary N) is 1. The molecule has 0 aliphatic carbocycles. The molecule has 0 atom stereocenters. The molecular formula is C17H11F3N2O3. The highest BCUT2D eigenvalue weighted by molar-refractivity contribution is 6.03. The first-order chi connectivity index (χ1) is 11.8. The van der Waals surface area contributed by atoms with Crippen LogP contribution in [0.5, 0.6) is 5.75 Å². The minimum Gasteiger partial charge on any atom is -0.507 e. The number of anilines is 1. The highest BCUT2D eigenvalue weighted by atomic mass is 19.4. The van der Waals surface area contributed by atoms with Crippen LogP contribution < -0.4 is 5.32 Å². The van der Waals surface area contributed by atoms with E-state index in [1.165, 1.54) is 24.3 Å². The van der Waals surface area contributed by atoms with Crippen LogP contribution in [0.25, 0.3) is 11.3 Å². The molecule has 0 spiro atoms. The number of halogens is 3. The molecule has 0 saturated carbocycles. The van der Waals surface area contributed by atoms with Gasteiger partial charge in [-0.05, 0) is 30.3 Å². The summed E-state index contributed by atoms with van der Waals surface area (Å²) in [6.07, 6.45) is -4.51. The average Bonchev–Trinajstić information content (AvgIpc) is 3.04. The van der Waals surface area contributed by atoms with E-state index in [1.807, 2.05) is 0 Å². The van der Waals surface area contributed by atoms with Crippen LogP contribution in [0.1, 0.15) is 16.1 Å². The van der Waals surface area contributed by atoms with E-state index >= 15 is 0 Å². The molecule has 8 heteroatoms. The van der Waals surface area contributed by atoms with Crippen molar-refractivity contribution in [2.45, 2.75) is 6.18 Å². The van der Waals surface area contributed by atoms with Crippen LogP contribution in [0, 0.1) is 0 Å². The van der Waals surface area contributed by atoms with Gasteiger partial charge in [-0.3, -0.25) is 4.79 Å². The molecule has 0 saturated heterocycles. The topological polar surface area (TPSA) is 75.4 Å². The number of amides is 1. The predicted octanol–water partition coefficient (Wildman–Crippen LogP) is 4.32. The minimum atomic E-state index is -4.51. The molecule has 1 heterocycles. The molecule has 0 unspecified atom stereocenters. The molecule has 0 aliphatic rings. The molecule has 3 rings (SSSR count). The molecule has 0 radical (unpaired) electrons. The number of alkyl halides is 3. The Hall–Kier alpha value is -3.29. The zero-order valence-corrected chi connectivity index (χ0v) is 12.5. The Labute approximate surface area is 139 Å². The van der Waals surface area contributed by atoms with Gasteiger partial charge in [0.1, 0.15) is 5.75 Å². The predicted molar refractivity (Wildman–Crippen MR) is 83.0 cm³/mol. The Kier molecular flexibility index (Phi) is 4.18. The van der Waals surface area contributed by atoms with Crippen LogP contribution in [0.2, 0.25) is 0 Å². The number of nitrogens with zero attached hydrogens (tertiary/aromatic N) is 1. The van der Waals surface area contributed by atoms with Gasteiger partial charge in [0.05, 0.1) is 11.1 Å². The van der Waals surface area contributed by atoms with Crippen LogP contribution in [-0.2, 0) is 6.18 Å². The van der Waals surface area contributed by atoms with Gasteiger partial charge in [-0.25, -0.2) is 0 Å². The van der Waals surface area contributed by atoms with Crippen molar-refractivity contribution in [3.05, 3.63) is 65.9 Å². The van der Waals surface area contributed by atoms with Gasteiger partial charge in [-0.2, -0.15) is 13.2 Å². The maximum atomic E-state index is 12.7. The summed E-state index contributed by atoms with van der Waals surface area (Å²) in [5, 5.41) is 15.7. The van der Waals surface area contributed by atoms with Gasteiger partial charge in [0.25, 0.3) is 5.91 Å². The zero-order chi connectivity index (χ0) is 18.0. The third-order valence-electron chi connectivity index (χ3n) is 3.36. The molecule has 128 valence electrons. The lowest BCUT2D eigenvalue weighted by Gasteiger charge is -2.08. The monoisotopic (exact) mass is 348 g/mol. The number of aromatic hydroxyl groups is 1. The van der Waals surface area contributed by atoms with Crippen LogP contribution in [0.4, 0.5) is 18.9 Å². The fraction of sp³-hybridized carbons (Fsp3) is 0.0588. The Morgan fingerprint density at radius 3 is 2.56 bits per heavy atom. The second-order valence-electron chi connectivity index (χ2n) is 5.13. The molecule has 25 heavy (non-hydrogen) atoms. The third kappa shape index (κ3) is 3.63. The van der Waals surface area contributed by atoms with E-state index in [0.717, 1.165) is 12.1 Å². The smallest absolute Gasteiger partial charge is 0.416 e. The SMILES string of the molecule is O=C(Nc1cccc(C(F)(F)F)c1)c1cc(-c2ccccc2O)on1. The summed E-state index contributed by atoms with van der Waals surface area (Å²) in [5.41, 5.74) is -0.684. The first-order valence-electron chi connectivity index (χ1n) is 7.08. The standard InChI is InChI=1S/C17H11F3N2O3/c18-17(19,20)10-4-3-5-11(8-10)21-16(24)13-9-15(25-22-13)12-6-1-2-7-14(12)23/h1-9,23H,(H,21,24). The summed E-state index contributed by atoms with van der Waals surface area (Å²) in [6, 6.07) is 11.8. The summed E-state index contributed by atoms with van der Waals surface area (Å²) in [7, 11) is 0. The van der Waals surface area contributed by atoms with E-state index in [9.17, 15) is 23.1 Å². The molecule has 0 fully saturated rings. The highest BCUT2D eigenvalue weighted by Crippen LogP contribution is 2.31. The van der Waals surface area contributed by atoms with E-state index in [1.54, 1.807) is 18.2 Å². The third-order valence-corrected chi connectivity index (χ3v) is 3.36. The number of phenols is 1. The van der Waals surface area contributed by atoms with Gasteiger partial charge in [0, 0.05) is 11.8 Å². The lowest BCUT2D eigenvalue weighted by atomic mass is 10.1. The van der Waals surface area contributed by atoms with E-state index in [4.69, 9.17) is 4.52 Å². The number of phenolic OH excluding ortho intramolecular Hbond substituents is 1. The molecule has 0 bridgehead atoms. The highest BCUT2D eigenvalue weighted by Gasteiger charge is 2.30. The molecular weight excluding hydrogens is 337 g/mol. The number of benzene rings is 2. The van der Waals surface area contributed by atoms with Crippen LogP contribution in [-0.4, -0.2) is 16.2 Å². The van der Waals surface area contributed by atoms with Crippen molar-refractivity contribution < 1.29 is 27.6 Å². The number of para-hydroxylation sites is 1. The van der Waals surface area contributed by atoms with Gasteiger partial charge >= 0.3 is 6.18 Å². The zero-order valence-electron chi connectivity index (χ0n) is 12.5. The normalized spacial score (nSPS) is 11.3. The first kappa shape index (κ1) is 16.6. The Morgan fingerprint density at radius 2 is 1.84 bits per heavy atom. The molecule has 3 aromatic rings. The fourth-order valence-electron chi connectivity index (χ4n) is 2.16. The van der Waals surface area contributed by atoms with Crippen molar-refractivity contribution >= 4 is 11.6 Å². The summed E-state index contributed by atoms with van der Waals surface area (Å²) in [6.45, 7) is 0. The molecule has 1 amide bonds. The number of hydrogen-bond donors (Lipinski definition) is 2. The summed E-state index contributed by atoms with van der Waals surface area (Å²) >= 11 is 0. The summed E-state index contributed by atoms with van der Waals surface area (Å²) in [4.78, 5) is 12.1. The van der Waals surface area contributed by atoms with Crippen LogP contribution in [0.15, 0.2) is 59.1 Å². The van der Waals surface area contributed by atoms with Crippen molar-refractivity contribution in [1.82, 2.24) is 5.16 Å². The molecule has 1 aromatic heterocycles. The largest absolute Gasteiger partial charge is 0.507 e. The summed E-state index contributed by atoms with van der Waals surface area (Å²) < 4.78 is 43.1. The molecule has 2 aromatic carbocycles. The van der Waals surface area contributed by atoms with Crippen molar-refractivity contribution in [3.8, 4) is 17.1 Å². The molecule has 5 nitrogen and oxygen atoms in total. The Balaban J connectivity index is 1.80. The number of hydrogen-bond acceptors (Lipinski definition) is 4. The quantitative estimate of drug-likeness (QED) is 0.739. The van der Waals surface area contributed by atoms with Gasteiger partial charge in [-0.15, -0.1) is 0 Å². The van der Waals surface area contributed by atoms with Gasteiger partial charge in [0.2, 0.25) is 0 Å². The maximum absolute atomic E-state index is 12.7. The lowest BCUT2D eigenvalue weighted by Crippen LogP contribution is -2.13. The van der Waals surface area contributed by atoms with Gasteiger partial charge in [-0.1, -0.05) is 23.4 Å². The number of carbonyl (C=O) groups is 1. The van der Waals surface area contributed by atoms with Gasteiger partial charge < -0.3 is 14.9 Å². The van der Waals surface area contributed by atoms with Gasteiger partial charge in [0.15, 0.2) is 11.5 Å². The second-order valence-corrected chi connectivity index (χ2v) is 5.13. The Morgan fingerprint density at radius 1 is 1.08 bits per heavy atom. The fourth-order valence-corrected chi connectivity index (χ4v) is 2.16. The second kappa shape index (κ2) is 6.31. The van der Waals surface area contributed by atoms with Crippen molar-refractivity contribution in [2.24, 2.45) is 0 Å². The average molecular weight is 348 g/mol. The maximum Gasteiger partial charge on any atom is 0.416 e. The summed E-state index contributed by atoms with van der Waals surface area (Å²) in [5.74, 6) is -0.625. The van der Waals surface area contributed by atoms with Crippen molar-refractivity contribution in [2.75, 3.05) is 5.32 Å².